The van der Waals surface area contributed by atoms with Crippen LogP contribution in [0, 0.1) is 10.1 Å². The lowest BCUT2D eigenvalue weighted by Crippen LogP contribution is -2.27. The Morgan fingerprint density at radius 3 is 2.33 bits per heavy atom. The molecule has 0 unspecified atom stereocenters. The van der Waals surface area contributed by atoms with Crippen LogP contribution in [0.5, 0.6) is 0 Å². The molecule has 0 bridgehead atoms. The lowest BCUT2D eigenvalue weighted by molar-refractivity contribution is -0.384. The molecule has 30 heavy (non-hydrogen) atoms. The quantitative estimate of drug-likeness (QED) is 0.229. The summed E-state index contributed by atoms with van der Waals surface area (Å²) in [6.07, 6.45) is 4.72. The molecule has 0 spiro atoms. The zero-order valence-corrected chi connectivity index (χ0v) is 16.9. The zero-order valence-electron chi connectivity index (χ0n) is 16.1. The van der Waals surface area contributed by atoms with Crippen LogP contribution in [0.2, 0.25) is 0 Å². The molecule has 0 aromatic heterocycles. The van der Waals surface area contributed by atoms with E-state index < -0.39 is 14.9 Å². The molecule has 0 atom stereocenters. The molecule has 1 saturated carbocycles. The number of nitrogens with zero attached hydrogens (tertiary/aromatic N) is 1. The predicted octanol–water partition coefficient (Wildman–Crippen LogP) is 2.28. The Bertz CT molecular complexity index is 1030. The Morgan fingerprint density at radius 1 is 1.07 bits per heavy atom. The van der Waals surface area contributed by atoms with E-state index in [-0.39, 0.29) is 22.5 Å². The molecular formula is C20H22N4O5S. The summed E-state index contributed by atoms with van der Waals surface area (Å²) >= 11 is 0. The maximum Gasteiger partial charge on any atom is 0.269 e. The fourth-order valence-corrected chi connectivity index (χ4v) is 3.88. The van der Waals surface area contributed by atoms with Gasteiger partial charge in [0.2, 0.25) is 15.9 Å². The van der Waals surface area contributed by atoms with E-state index in [0.29, 0.717) is 18.7 Å². The van der Waals surface area contributed by atoms with Crippen molar-refractivity contribution in [2.45, 2.75) is 23.8 Å². The average Bonchev–Trinajstić information content (AvgIpc) is 3.53. The van der Waals surface area contributed by atoms with Gasteiger partial charge in [0.05, 0.1) is 9.82 Å². The Balaban J connectivity index is 1.41. The molecule has 0 aliphatic heterocycles. The summed E-state index contributed by atoms with van der Waals surface area (Å²) in [4.78, 5) is 22.2. The molecule has 3 N–H and O–H groups in total. The van der Waals surface area contributed by atoms with Crippen LogP contribution in [0.4, 0.5) is 11.4 Å². The Labute approximate surface area is 174 Å². The van der Waals surface area contributed by atoms with E-state index in [1.165, 1.54) is 30.3 Å². The number of nitro benzene ring substituents is 1. The number of rotatable bonds is 10. The average molecular weight is 430 g/mol. The van der Waals surface area contributed by atoms with Crippen LogP contribution in [-0.2, 0) is 14.8 Å². The van der Waals surface area contributed by atoms with Crippen molar-refractivity contribution in [1.82, 2.24) is 10.0 Å². The van der Waals surface area contributed by atoms with E-state index >= 15 is 0 Å². The Hall–Kier alpha value is -3.24. The smallest absolute Gasteiger partial charge is 0.269 e. The van der Waals surface area contributed by atoms with Crippen LogP contribution in [0.25, 0.3) is 6.08 Å². The van der Waals surface area contributed by atoms with Crippen molar-refractivity contribution < 1.29 is 18.1 Å². The van der Waals surface area contributed by atoms with Gasteiger partial charge in [-0.15, -0.1) is 0 Å². The topological polar surface area (TPSA) is 130 Å². The Morgan fingerprint density at radius 2 is 1.73 bits per heavy atom. The van der Waals surface area contributed by atoms with Crippen molar-refractivity contribution in [2.75, 3.05) is 18.4 Å². The minimum Gasteiger partial charge on any atom is -0.383 e. The van der Waals surface area contributed by atoms with Gasteiger partial charge in [0.1, 0.15) is 0 Å². The summed E-state index contributed by atoms with van der Waals surface area (Å²) in [6, 6.07) is 12.4. The second-order valence-electron chi connectivity index (χ2n) is 6.82. The van der Waals surface area contributed by atoms with Gasteiger partial charge in [-0.05, 0) is 48.7 Å². The number of hydrogen-bond donors (Lipinski definition) is 3. The summed E-state index contributed by atoms with van der Waals surface area (Å²) < 4.78 is 26.9. The molecule has 1 fully saturated rings. The highest BCUT2D eigenvalue weighted by Gasteiger charge is 2.27. The van der Waals surface area contributed by atoms with Gasteiger partial charge in [0, 0.05) is 43.0 Å². The summed E-state index contributed by atoms with van der Waals surface area (Å²) in [6.45, 7) is 0.822. The van der Waals surface area contributed by atoms with Crippen molar-refractivity contribution in [1.29, 1.82) is 0 Å². The van der Waals surface area contributed by atoms with Crippen LogP contribution in [0.1, 0.15) is 18.4 Å². The molecule has 2 aromatic rings. The first-order valence-corrected chi connectivity index (χ1v) is 10.9. The highest BCUT2D eigenvalue weighted by atomic mass is 32.2. The molecule has 0 radical (unpaired) electrons. The molecule has 10 heteroatoms. The fraction of sp³-hybridized carbons (Fsp3) is 0.250. The second kappa shape index (κ2) is 9.51. The third-order valence-electron chi connectivity index (χ3n) is 4.35. The van der Waals surface area contributed by atoms with Gasteiger partial charge in [-0.3, -0.25) is 14.9 Å². The first-order valence-electron chi connectivity index (χ1n) is 9.40. The lowest BCUT2D eigenvalue weighted by Gasteiger charge is -2.06. The Kier molecular flexibility index (Phi) is 6.80. The van der Waals surface area contributed by atoms with Crippen molar-refractivity contribution in [3.63, 3.8) is 0 Å². The van der Waals surface area contributed by atoms with Crippen molar-refractivity contribution in [3.8, 4) is 0 Å². The molecule has 0 saturated heterocycles. The third kappa shape index (κ3) is 6.39. The highest BCUT2D eigenvalue weighted by molar-refractivity contribution is 7.89. The van der Waals surface area contributed by atoms with Crippen molar-refractivity contribution in [2.24, 2.45) is 0 Å². The minimum absolute atomic E-state index is 0.0174. The van der Waals surface area contributed by atoms with Crippen LogP contribution in [0.15, 0.2) is 59.5 Å². The molecular weight excluding hydrogens is 408 g/mol. The van der Waals surface area contributed by atoms with Gasteiger partial charge in [0.15, 0.2) is 0 Å². The number of anilines is 1. The summed E-state index contributed by atoms with van der Waals surface area (Å²) in [5.74, 6) is -0.285. The zero-order chi connectivity index (χ0) is 21.6. The van der Waals surface area contributed by atoms with Gasteiger partial charge in [-0.2, -0.15) is 0 Å². The molecule has 3 rings (SSSR count). The number of sulfonamides is 1. The number of amides is 1. The fourth-order valence-electron chi connectivity index (χ4n) is 2.57. The minimum atomic E-state index is -3.48. The van der Waals surface area contributed by atoms with Crippen molar-refractivity contribution in [3.05, 3.63) is 70.3 Å². The third-order valence-corrected chi connectivity index (χ3v) is 5.88. The number of benzene rings is 2. The van der Waals surface area contributed by atoms with Gasteiger partial charge in [-0.25, -0.2) is 13.1 Å². The first kappa shape index (κ1) is 21.5. The van der Waals surface area contributed by atoms with Gasteiger partial charge >= 0.3 is 0 Å². The van der Waals surface area contributed by atoms with Crippen LogP contribution >= 0.6 is 0 Å². The molecule has 9 nitrogen and oxygen atoms in total. The van der Waals surface area contributed by atoms with E-state index in [0.717, 1.165) is 18.5 Å². The normalized spacial score (nSPS) is 13.9. The van der Waals surface area contributed by atoms with Crippen LogP contribution in [0.3, 0.4) is 0 Å². The summed E-state index contributed by atoms with van der Waals surface area (Å²) in [5, 5.41) is 16.4. The van der Waals surface area contributed by atoms with Gasteiger partial charge in [-0.1, -0.05) is 12.1 Å². The van der Waals surface area contributed by atoms with E-state index in [4.69, 9.17) is 0 Å². The largest absolute Gasteiger partial charge is 0.383 e. The molecule has 1 amide bonds. The molecule has 1 aliphatic rings. The van der Waals surface area contributed by atoms with Crippen molar-refractivity contribution >= 4 is 33.4 Å². The number of nitrogens with one attached hydrogen (secondary N) is 3. The maximum absolute atomic E-state index is 12.1. The summed E-state index contributed by atoms with van der Waals surface area (Å²) in [5.41, 5.74) is 1.44. The molecule has 0 heterocycles. The van der Waals surface area contributed by atoms with E-state index in [1.54, 1.807) is 30.3 Å². The predicted molar refractivity (Wildman–Crippen MR) is 113 cm³/mol. The van der Waals surface area contributed by atoms with Gasteiger partial charge < -0.3 is 10.6 Å². The summed E-state index contributed by atoms with van der Waals surface area (Å²) in [7, 11) is -3.48. The van der Waals surface area contributed by atoms with Crippen LogP contribution < -0.4 is 15.4 Å². The van der Waals surface area contributed by atoms with E-state index in [9.17, 15) is 23.3 Å². The van der Waals surface area contributed by atoms with Gasteiger partial charge in [0.25, 0.3) is 5.69 Å². The SMILES string of the molecule is O=C(/C=C/c1ccc(S(=O)(=O)NC2CC2)cc1)NCCNc1ccc([N+](=O)[O-])cc1. The molecule has 2 aromatic carbocycles. The lowest BCUT2D eigenvalue weighted by atomic mass is 10.2. The number of carbonyl (C=O) groups is 1. The standard InChI is InChI=1S/C20H22N4O5S/c25-20(22-14-13-21-16-6-8-18(9-7-16)24(26)27)12-3-15-1-10-19(11-2-15)30(28,29)23-17-4-5-17/h1-3,6-12,17,21,23H,4-5,13-14H2,(H,22,25)/b12-3+. The number of non-ortho nitro benzene ring substituents is 1. The first-order chi connectivity index (χ1) is 14.3. The van der Waals surface area contributed by atoms with E-state index in [1.807, 2.05) is 0 Å². The number of hydrogen-bond acceptors (Lipinski definition) is 6. The molecule has 158 valence electrons. The van der Waals surface area contributed by atoms with Crippen LogP contribution in [-0.4, -0.2) is 38.4 Å². The van der Waals surface area contributed by atoms with E-state index in [2.05, 4.69) is 15.4 Å². The molecule has 1 aliphatic carbocycles. The monoisotopic (exact) mass is 430 g/mol. The number of nitro groups is 1. The highest BCUT2D eigenvalue weighted by Crippen LogP contribution is 2.22. The number of carbonyl (C=O) groups excluding carboxylic acids is 1. The maximum atomic E-state index is 12.1. The second-order valence-corrected chi connectivity index (χ2v) is 8.53.